The molecule has 18 heavy (non-hydrogen) atoms. The molecule has 0 saturated carbocycles. The molecule has 1 unspecified atom stereocenters. The average Bonchev–Trinajstić information content (AvgIpc) is 2.20. The van der Waals surface area contributed by atoms with E-state index < -0.39 is 6.04 Å². The predicted octanol–water partition coefficient (Wildman–Crippen LogP) is -0.475. The van der Waals surface area contributed by atoms with Gasteiger partial charge in [-0.25, -0.2) is 5.43 Å². The molecule has 0 aromatic carbocycles. The van der Waals surface area contributed by atoms with Gasteiger partial charge in [0.25, 0.3) is 0 Å². The molecule has 1 atom stereocenters. The van der Waals surface area contributed by atoms with Crippen LogP contribution in [0.2, 0.25) is 0 Å². The quantitative estimate of drug-likeness (QED) is 0.618. The average molecular weight is 254 g/mol. The molecule has 0 spiro atoms. The lowest BCUT2D eigenvalue weighted by Gasteiger charge is -2.35. The number of nitrogens with one attached hydrogen (secondary N) is 2. The van der Waals surface area contributed by atoms with Crippen molar-refractivity contribution >= 4 is 17.6 Å². The summed E-state index contributed by atoms with van der Waals surface area (Å²) >= 11 is 0. The molecule has 7 heteroatoms. The Labute approximate surface area is 106 Å². The highest BCUT2D eigenvalue weighted by Crippen LogP contribution is 2.09. The van der Waals surface area contributed by atoms with Crippen LogP contribution in [-0.4, -0.2) is 40.3 Å². The molecule has 1 rings (SSSR count). The first-order chi connectivity index (χ1) is 8.31. The van der Waals surface area contributed by atoms with Crippen LogP contribution in [0.1, 0.15) is 27.2 Å². The summed E-state index contributed by atoms with van der Waals surface area (Å²) in [5.41, 5.74) is 6.08. The first-order valence-corrected chi connectivity index (χ1v) is 5.59. The minimum atomic E-state index is -0.525. The lowest BCUT2D eigenvalue weighted by Crippen LogP contribution is -2.64. The van der Waals surface area contributed by atoms with Crippen molar-refractivity contribution in [1.82, 2.24) is 21.1 Å². The molecule has 7 nitrogen and oxygen atoms in total. The van der Waals surface area contributed by atoms with Gasteiger partial charge in [-0.05, 0) is 13.3 Å². The molecule has 1 fully saturated rings. The second-order valence-electron chi connectivity index (χ2n) is 4.31. The summed E-state index contributed by atoms with van der Waals surface area (Å²) in [6.07, 6.45) is 0.380. The second-order valence-corrected chi connectivity index (χ2v) is 4.31. The van der Waals surface area contributed by atoms with Crippen LogP contribution in [0, 0.1) is 0 Å². The Hall–Kier alpha value is -1.73. The number of hydrazine groups is 3. The van der Waals surface area contributed by atoms with Gasteiger partial charge in [0.1, 0.15) is 5.78 Å². The largest absolute Gasteiger partial charge is 0.298 e. The van der Waals surface area contributed by atoms with Crippen molar-refractivity contribution in [3.63, 3.8) is 0 Å². The van der Waals surface area contributed by atoms with E-state index in [1.165, 1.54) is 25.8 Å². The molecule has 0 aliphatic carbocycles. The molecule has 0 radical (unpaired) electrons. The summed E-state index contributed by atoms with van der Waals surface area (Å²) in [5.74, 6) is -0.689. The third-order valence-corrected chi connectivity index (χ3v) is 2.57. The van der Waals surface area contributed by atoms with Crippen LogP contribution < -0.4 is 11.0 Å². The normalized spacial score (nSPS) is 21.3. The number of carbonyl (C=O) groups is 3. The molecule has 0 bridgehead atoms. The lowest BCUT2D eigenvalue weighted by molar-refractivity contribution is -0.154. The maximum absolute atomic E-state index is 11.4. The molecule has 0 aromatic heterocycles. The Morgan fingerprint density at radius 2 is 1.83 bits per heavy atom. The van der Waals surface area contributed by atoms with E-state index in [4.69, 9.17) is 0 Å². The van der Waals surface area contributed by atoms with Crippen LogP contribution in [0.4, 0.5) is 0 Å². The maximum atomic E-state index is 11.4. The Balaban J connectivity index is 2.91. The fourth-order valence-corrected chi connectivity index (χ4v) is 1.54. The van der Waals surface area contributed by atoms with Crippen molar-refractivity contribution < 1.29 is 14.4 Å². The van der Waals surface area contributed by atoms with Crippen LogP contribution in [0.3, 0.4) is 0 Å². The molecule has 1 aliphatic heterocycles. The maximum Gasteiger partial charge on any atom is 0.249 e. The van der Waals surface area contributed by atoms with Crippen molar-refractivity contribution in [1.29, 1.82) is 0 Å². The summed E-state index contributed by atoms with van der Waals surface area (Å²) in [6.45, 7) is 8.22. The molecule has 0 aromatic rings. The minimum absolute atomic E-state index is 0.0968. The third-order valence-electron chi connectivity index (χ3n) is 2.57. The van der Waals surface area contributed by atoms with E-state index in [1.807, 2.05) is 0 Å². The number of nitrogens with zero attached hydrogens (tertiary/aromatic N) is 2. The number of Topliss-reactive ketones (excluding diaryl/α,β-unsaturated/α-hetero) is 1. The monoisotopic (exact) mass is 254 g/mol. The van der Waals surface area contributed by atoms with E-state index in [-0.39, 0.29) is 24.1 Å². The molecule has 1 aliphatic rings. The first-order valence-electron chi connectivity index (χ1n) is 5.59. The zero-order valence-corrected chi connectivity index (χ0v) is 10.8. The van der Waals surface area contributed by atoms with Gasteiger partial charge in [0, 0.05) is 13.8 Å². The SMILES string of the molecule is C=C1CC(C(C)=O)NN(C(C)=O)NN(C(C)=O)C1. The summed E-state index contributed by atoms with van der Waals surface area (Å²) in [4.78, 5) is 34.2. The minimum Gasteiger partial charge on any atom is -0.298 e. The van der Waals surface area contributed by atoms with Gasteiger partial charge in [-0.1, -0.05) is 12.2 Å². The van der Waals surface area contributed by atoms with E-state index in [9.17, 15) is 14.4 Å². The third kappa shape index (κ3) is 3.64. The van der Waals surface area contributed by atoms with Gasteiger partial charge in [0.05, 0.1) is 12.6 Å². The van der Waals surface area contributed by atoms with Crippen LogP contribution in [0.25, 0.3) is 0 Å². The molecule has 1 saturated heterocycles. The van der Waals surface area contributed by atoms with Crippen molar-refractivity contribution in [3.8, 4) is 0 Å². The van der Waals surface area contributed by atoms with Crippen LogP contribution >= 0.6 is 0 Å². The molecular formula is C11H18N4O3. The number of hydrogen-bond acceptors (Lipinski definition) is 5. The van der Waals surface area contributed by atoms with Crippen molar-refractivity contribution in [2.75, 3.05) is 6.54 Å². The number of carbonyl (C=O) groups excluding carboxylic acids is 3. The van der Waals surface area contributed by atoms with Crippen LogP contribution in [0.15, 0.2) is 12.2 Å². The van der Waals surface area contributed by atoms with Crippen molar-refractivity contribution in [2.45, 2.75) is 33.2 Å². The van der Waals surface area contributed by atoms with Gasteiger partial charge in [-0.15, -0.1) is 5.53 Å². The number of hydrogen-bond donors (Lipinski definition) is 2. The van der Waals surface area contributed by atoms with Gasteiger partial charge < -0.3 is 0 Å². The molecule has 1 heterocycles. The fraction of sp³-hybridized carbons (Fsp3) is 0.545. The summed E-state index contributed by atoms with van der Waals surface area (Å²) in [6, 6.07) is -0.525. The van der Waals surface area contributed by atoms with E-state index in [0.717, 1.165) is 10.7 Å². The van der Waals surface area contributed by atoms with Gasteiger partial charge in [-0.3, -0.25) is 19.4 Å². The number of rotatable bonds is 1. The van der Waals surface area contributed by atoms with Crippen LogP contribution in [0.5, 0.6) is 0 Å². The Morgan fingerprint density at radius 1 is 1.22 bits per heavy atom. The summed E-state index contributed by atoms with van der Waals surface area (Å²) < 4.78 is 0. The summed E-state index contributed by atoms with van der Waals surface area (Å²) in [5, 5.41) is 2.30. The molecular weight excluding hydrogens is 236 g/mol. The highest BCUT2D eigenvalue weighted by atomic mass is 16.2. The smallest absolute Gasteiger partial charge is 0.249 e. The fourth-order valence-electron chi connectivity index (χ4n) is 1.54. The Kier molecular flexibility index (Phi) is 4.57. The molecule has 100 valence electrons. The Bertz CT molecular complexity index is 366. The van der Waals surface area contributed by atoms with Crippen LogP contribution in [-0.2, 0) is 14.4 Å². The van der Waals surface area contributed by atoms with E-state index in [0.29, 0.717) is 6.42 Å². The molecule has 2 N–H and O–H groups in total. The Morgan fingerprint density at radius 3 is 2.28 bits per heavy atom. The first kappa shape index (κ1) is 14.3. The van der Waals surface area contributed by atoms with Gasteiger partial charge >= 0.3 is 0 Å². The van der Waals surface area contributed by atoms with E-state index >= 15 is 0 Å². The number of amides is 2. The van der Waals surface area contributed by atoms with Gasteiger partial charge in [-0.2, -0.15) is 5.12 Å². The lowest BCUT2D eigenvalue weighted by atomic mass is 10.0. The molecule has 2 amide bonds. The van der Waals surface area contributed by atoms with Gasteiger partial charge in [0.15, 0.2) is 0 Å². The summed E-state index contributed by atoms with van der Waals surface area (Å²) in [7, 11) is 0. The zero-order valence-electron chi connectivity index (χ0n) is 10.8. The predicted molar refractivity (Wildman–Crippen MR) is 64.4 cm³/mol. The second kappa shape index (κ2) is 5.74. The van der Waals surface area contributed by atoms with Crippen molar-refractivity contribution in [3.05, 3.63) is 12.2 Å². The topological polar surface area (TPSA) is 81.8 Å². The number of ketones is 1. The standard InChI is InChI=1S/C11H18N4O3/c1-7-5-11(8(2)16)12-15(10(4)18)13-14(6-7)9(3)17/h11-13H,1,5-6H2,2-4H3. The van der Waals surface area contributed by atoms with E-state index in [1.54, 1.807) is 0 Å². The zero-order chi connectivity index (χ0) is 13.9. The highest BCUT2D eigenvalue weighted by molar-refractivity contribution is 5.82. The van der Waals surface area contributed by atoms with Gasteiger partial charge in [0.2, 0.25) is 11.8 Å². The van der Waals surface area contributed by atoms with E-state index in [2.05, 4.69) is 17.5 Å². The highest BCUT2D eigenvalue weighted by Gasteiger charge is 2.26. The van der Waals surface area contributed by atoms with Crippen molar-refractivity contribution in [2.24, 2.45) is 0 Å².